The van der Waals surface area contributed by atoms with E-state index >= 15 is 0 Å². The second-order valence-corrected chi connectivity index (χ2v) is 5.90. The third kappa shape index (κ3) is 2.29. The maximum Gasteiger partial charge on any atom is 0.181 e. The van der Waals surface area contributed by atoms with E-state index in [4.69, 9.17) is 4.74 Å². The Hall–Kier alpha value is -3.74. The maximum atomic E-state index is 5.27. The number of H-pyrrole nitrogens is 2. The van der Waals surface area contributed by atoms with Crippen molar-refractivity contribution >= 4 is 22.1 Å². The van der Waals surface area contributed by atoms with Crippen molar-refractivity contribution in [3.8, 4) is 28.4 Å². The summed E-state index contributed by atoms with van der Waals surface area (Å²) in [5.41, 5.74) is 5.19. The Bertz CT molecular complexity index is 1220. The predicted octanol–water partition coefficient (Wildman–Crippen LogP) is 3.57. The summed E-state index contributed by atoms with van der Waals surface area (Å²) in [5.74, 6) is 1.49. The van der Waals surface area contributed by atoms with Crippen molar-refractivity contribution in [3.05, 3.63) is 55.0 Å². The highest BCUT2D eigenvalue weighted by Crippen LogP contribution is 2.29. The number of nitrogens with one attached hydrogen (secondary N) is 2. The average molecular weight is 342 g/mol. The van der Waals surface area contributed by atoms with Crippen LogP contribution in [0, 0.1) is 0 Å². The summed E-state index contributed by atoms with van der Waals surface area (Å²) in [6, 6.07) is 11.7. The minimum Gasteiger partial charge on any atom is -0.497 e. The van der Waals surface area contributed by atoms with Crippen molar-refractivity contribution < 1.29 is 4.74 Å². The molecule has 5 rings (SSSR count). The minimum absolute atomic E-state index is 0.644. The van der Waals surface area contributed by atoms with Gasteiger partial charge in [0.1, 0.15) is 11.4 Å². The summed E-state index contributed by atoms with van der Waals surface area (Å²) in [5, 5.41) is 8.24. The molecule has 4 heterocycles. The number of imidazole rings is 1. The zero-order chi connectivity index (χ0) is 17.5. The van der Waals surface area contributed by atoms with Crippen LogP contribution in [0.1, 0.15) is 0 Å². The van der Waals surface area contributed by atoms with Gasteiger partial charge >= 0.3 is 0 Å². The number of aromatic amines is 2. The monoisotopic (exact) mass is 342 g/mol. The van der Waals surface area contributed by atoms with Gasteiger partial charge in [0.15, 0.2) is 11.5 Å². The molecule has 1 aromatic carbocycles. The van der Waals surface area contributed by atoms with E-state index in [1.54, 1.807) is 19.5 Å². The third-order valence-electron chi connectivity index (χ3n) is 4.33. The van der Waals surface area contributed by atoms with Gasteiger partial charge in [0.2, 0.25) is 0 Å². The van der Waals surface area contributed by atoms with Crippen LogP contribution in [0.3, 0.4) is 0 Å². The second kappa shape index (κ2) is 5.66. The van der Waals surface area contributed by atoms with Gasteiger partial charge in [0.25, 0.3) is 0 Å². The maximum absolute atomic E-state index is 5.27. The van der Waals surface area contributed by atoms with Crippen molar-refractivity contribution in [2.24, 2.45) is 0 Å². The number of fused-ring (bicyclic) bond motifs is 2. The quantitative estimate of drug-likeness (QED) is 0.523. The van der Waals surface area contributed by atoms with Crippen molar-refractivity contribution in [2.75, 3.05) is 7.11 Å². The summed E-state index contributed by atoms with van der Waals surface area (Å²) in [7, 11) is 1.65. The van der Waals surface area contributed by atoms with Crippen molar-refractivity contribution in [1.82, 2.24) is 30.1 Å². The van der Waals surface area contributed by atoms with E-state index in [1.807, 2.05) is 42.6 Å². The van der Waals surface area contributed by atoms with Crippen molar-refractivity contribution in [2.45, 2.75) is 0 Å². The Labute approximate surface area is 148 Å². The Balaban J connectivity index is 1.67. The van der Waals surface area contributed by atoms with E-state index in [9.17, 15) is 0 Å². The Morgan fingerprint density at radius 2 is 2.00 bits per heavy atom. The van der Waals surface area contributed by atoms with E-state index in [0.717, 1.165) is 39.0 Å². The van der Waals surface area contributed by atoms with Gasteiger partial charge in [-0.2, -0.15) is 5.10 Å². The Morgan fingerprint density at radius 3 is 2.85 bits per heavy atom. The summed E-state index contributed by atoms with van der Waals surface area (Å²) in [6.45, 7) is 0. The van der Waals surface area contributed by atoms with Gasteiger partial charge in [0.05, 0.1) is 23.5 Å². The summed E-state index contributed by atoms with van der Waals surface area (Å²) >= 11 is 0. The number of nitrogens with zero attached hydrogens (tertiary/aromatic N) is 4. The molecule has 2 N–H and O–H groups in total. The lowest BCUT2D eigenvalue weighted by Crippen LogP contribution is -1.84. The number of hydrogen-bond donors (Lipinski definition) is 2. The lowest BCUT2D eigenvalue weighted by Gasteiger charge is -2.00. The van der Waals surface area contributed by atoms with Gasteiger partial charge < -0.3 is 9.72 Å². The standard InChI is InChI=1S/C19H14N6O/c1-26-13-4-5-15-16(8-13)23-19(22-15)17-14-7-12(10-21-18(14)25-24-17)11-3-2-6-20-9-11/h2-10H,1H3,(H,22,23)(H,21,24,25). The number of rotatable bonds is 3. The number of ether oxygens (including phenoxy) is 1. The van der Waals surface area contributed by atoms with Gasteiger partial charge in [0, 0.05) is 35.8 Å². The van der Waals surface area contributed by atoms with Gasteiger partial charge in [-0.25, -0.2) is 9.97 Å². The molecule has 0 radical (unpaired) electrons. The highest BCUT2D eigenvalue weighted by Gasteiger charge is 2.14. The summed E-state index contributed by atoms with van der Waals surface area (Å²) in [4.78, 5) is 16.6. The second-order valence-electron chi connectivity index (χ2n) is 5.90. The molecule has 0 saturated carbocycles. The molecular weight excluding hydrogens is 328 g/mol. The fraction of sp³-hybridized carbons (Fsp3) is 0.0526. The molecule has 0 saturated heterocycles. The molecule has 26 heavy (non-hydrogen) atoms. The zero-order valence-electron chi connectivity index (χ0n) is 13.9. The SMILES string of the molecule is COc1ccc2nc(-c3[nH]nc4ncc(-c5cccnc5)cc34)[nH]c2c1. The molecule has 0 bridgehead atoms. The van der Waals surface area contributed by atoms with Gasteiger partial charge in [-0.3, -0.25) is 10.1 Å². The first-order valence-corrected chi connectivity index (χ1v) is 8.10. The van der Waals surface area contributed by atoms with Crippen LogP contribution < -0.4 is 4.74 Å². The first-order chi connectivity index (χ1) is 12.8. The number of pyridine rings is 2. The lowest BCUT2D eigenvalue weighted by molar-refractivity contribution is 0.415. The van der Waals surface area contributed by atoms with Crippen LogP contribution in [0.4, 0.5) is 0 Å². The van der Waals surface area contributed by atoms with Gasteiger partial charge in [-0.15, -0.1) is 0 Å². The zero-order valence-corrected chi connectivity index (χ0v) is 13.9. The van der Waals surface area contributed by atoms with E-state index in [-0.39, 0.29) is 0 Å². The number of benzene rings is 1. The first-order valence-electron chi connectivity index (χ1n) is 8.10. The number of hydrogen-bond acceptors (Lipinski definition) is 5. The molecule has 4 aromatic heterocycles. The molecule has 0 unspecified atom stereocenters. The van der Waals surface area contributed by atoms with E-state index in [1.165, 1.54) is 0 Å². The van der Waals surface area contributed by atoms with Gasteiger partial charge in [-0.05, 0) is 24.3 Å². The summed E-state index contributed by atoms with van der Waals surface area (Å²) < 4.78 is 5.27. The molecule has 0 aliphatic heterocycles. The van der Waals surface area contributed by atoms with Crippen LogP contribution in [0.15, 0.2) is 55.0 Å². The Kier molecular flexibility index (Phi) is 3.18. The first kappa shape index (κ1) is 14.6. The van der Waals surface area contributed by atoms with Crippen LogP contribution in [0.2, 0.25) is 0 Å². The molecule has 5 aromatic rings. The summed E-state index contributed by atoms with van der Waals surface area (Å²) in [6.07, 6.45) is 5.37. The molecule has 0 fully saturated rings. The molecule has 0 aliphatic rings. The van der Waals surface area contributed by atoms with Crippen LogP contribution in [-0.2, 0) is 0 Å². The fourth-order valence-electron chi connectivity index (χ4n) is 3.01. The van der Waals surface area contributed by atoms with Crippen molar-refractivity contribution in [3.63, 3.8) is 0 Å². The van der Waals surface area contributed by atoms with Crippen LogP contribution in [0.25, 0.3) is 44.7 Å². The molecule has 0 amide bonds. The molecule has 7 heteroatoms. The molecule has 126 valence electrons. The molecule has 0 spiro atoms. The topological polar surface area (TPSA) is 92.4 Å². The number of methoxy groups -OCH3 is 1. The van der Waals surface area contributed by atoms with Crippen molar-refractivity contribution in [1.29, 1.82) is 0 Å². The van der Waals surface area contributed by atoms with Crippen LogP contribution >= 0.6 is 0 Å². The molecule has 0 atom stereocenters. The van der Waals surface area contributed by atoms with Crippen LogP contribution in [0.5, 0.6) is 5.75 Å². The van der Waals surface area contributed by atoms with E-state index in [2.05, 4.69) is 30.1 Å². The highest BCUT2D eigenvalue weighted by molar-refractivity contribution is 5.93. The molecule has 7 nitrogen and oxygen atoms in total. The van der Waals surface area contributed by atoms with Crippen LogP contribution in [-0.4, -0.2) is 37.2 Å². The number of aromatic nitrogens is 6. The van der Waals surface area contributed by atoms with Gasteiger partial charge in [-0.1, -0.05) is 6.07 Å². The molecular formula is C19H14N6O. The smallest absolute Gasteiger partial charge is 0.181 e. The Morgan fingerprint density at radius 1 is 1.04 bits per heavy atom. The average Bonchev–Trinajstić information content (AvgIpc) is 3.31. The van der Waals surface area contributed by atoms with E-state index in [0.29, 0.717) is 11.5 Å². The molecule has 0 aliphatic carbocycles. The minimum atomic E-state index is 0.644. The normalized spacial score (nSPS) is 11.3. The third-order valence-corrected chi connectivity index (χ3v) is 4.33. The predicted molar refractivity (Wildman–Crippen MR) is 98.8 cm³/mol. The fourth-order valence-corrected chi connectivity index (χ4v) is 3.01. The van der Waals surface area contributed by atoms with E-state index < -0.39 is 0 Å². The lowest BCUT2D eigenvalue weighted by atomic mass is 10.1. The largest absolute Gasteiger partial charge is 0.497 e. The highest BCUT2D eigenvalue weighted by atomic mass is 16.5.